The zero-order chi connectivity index (χ0) is 20.7. The molecule has 1 fully saturated rings. The first-order valence-corrected chi connectivity index (χ1v) is 11.5. The lowest BCUT2D eigenvalue weighted by atomic mass is 10.1. The van der Waals surface area contributed by atoms with Crippen LogP contribution in [0.1, 0.15) is 41.7 Å². The average Bonchev–Trinajstić information content (AvgIpc) is 3.42. The molecule has 3 N–H and O–H groups in total. The third-order valence-corrected chi connectivity index (χ3v) is 7.66. The van der Waals surface area contributed by atoms with Crippen LogP contribution in [0.25, 0.3) is 11.1 Å². The van der Waals surface area contributed by atoms with E-state index >= 15 is 0 Å². The lowest BCUT2D eigenvalue weighted by Gasteiger charge is -2.22. The minimum absolute atomic E-state index is 0.0695. The van der Waals surface area contributed by atoms with Crippen molar-refractivity contribution in [1.82, 2.24) is 20.1 Å². The van der Waals surface area contributed by atoms with Gasteiger partial charge in [0.15, 0.2) is 0 Å². The molecule has 0 bridgehead atoms. The first kappa shape index (κ1) is 19.8. The first-order chi connectivity index (χ1) is 14.6. The highest BCUT2D eigenvalue weighted by atomic mass is 35.5. The van der Waals surface area contributed by atoms with Crippen LogP contribution in [-0.4, -0.2) is 27.9 Å². The van der Waals surface area contributed by atoms with E-state index < -0.39 is 0 Å². The fourth-order valence-electron chi connectivity index (χ4n) is 4.37. The van der Waals surface area contributed by atoms with Gasteiger partial charge in [0.2, 0.25) is 0 Å². The molecule has 5 rings (SSSR count). The number of piperidine rings is 1. The van der Waals surface area contributed by atoms with Crippen molar-refractivity contribution in [3.63, 3.8) is 0 Å². The number of benzene rings is 1. The number of anilines is 1. The molecule has 1 aliphatic heterocycles. The molecule has 1 saturated heterocycles. The van der Waals surface area contributed by atoms with Gasteiger partial charge < -0.3 is 11.1 Å². The van der Waals surface area contributed by atoms with Crippen LogP contribution in [-0.2, 0) is 6.42 Å². The second-order valence-electron chi connectivity index (χ2n) is 7.86. The van der Waals surface area contributed by atoms with Crippen LogP contribution >= 0.6 is 23.4 Å². The maximum Gasteiger partial charge on any atom is 0.137 e. The Morgan fingerprint density at radius 1 is 1.17 bits per heavy atom. The Balaban J connectivity index is 1.41. The minimum Gasteiger partial charge on any atom is -0.383 e. The first-order valence-electron chi connectivity index (χ1n) is 10.2. The number of halogens is 2. The third-order valence-electron chi connectivity index (χ3n) is 5.99. The monoisotopic (exact) mass is 443 g/mol. The number of fused-ring (bicyclic) bond motifs is 1. The summed E-state index contributed by atoms with van der Waals surface area (Å²) in [5.41, 5.74) is 9.82. The zero-order valence-electron chi connectivity index (χ0n) is 16.4. The molecule has 5 nitrogen and oxygen atoms in total. The van der Waals surface area contributed by atoms with Crippen LogP contribution in [0.15, 0.2) is 41.7 Å². The van der Waals surface area contributed by atoms with E-state index in [1.807, 2.05) is 6.20 Å². The van der Waals surface area contributed by atoms with Crippen molar-refractivity contribution >= 4 is 29.2 Å². The van der Waals surface area contributed by atoms with Gasteiger partial charge in [0.1, 0.15) is 11.6 Å². The highest BCUT2D eigenvalue weighted by Gasteiger charge is 2.29. The molecule has 2 aromatic heterocycles. The number of aromatic nitrogens is 3. The van der Waals surface area contributed by atoms with Crippen LogP contribution < -0.4 is 11.1 Å². The molecule has 1 aliphatic carbocycles. The number of nitrogens with zero attached hydrogens (tertiary/aromatic N) is 3. The highest BCUT2D eigenvalue weighted by molar-refractivity contribution is 7.99. The number of nitrogens with two attached hydrogens (primary N) is 1. The Hall–Kier alpha value is -2.09. The van der Waals surface area contributed by atoms with Gasteiger partial charge in [0.05, 0.1) is 17.1 Å². The third kappa shape index (κ3) is 3.70. The summed E-state index contributed by atoms with van der Waals surface area (Å²) in [6.45, 7) is 2.05. The average molecular weight is 444 g/mol. The van der Waals surface area contributed by atoms with Crippen molar-refractivity contribution in [1.29, 1.82) is 0 Å². The SMILES string of the molecule is Nc1ncc(-c2cnn(C3CCNCC3)c2)cc1SC1CCc2c(F)ccc(Cl)c21. The summed E-state index contributed by atoms with van der Waals surface area (Å²) >= 11 is 8.02. The number of thioether (sulfide) groups is 1. The van der Waals surface area contributed by atoms with E-state index in [2.05, 4.69) is 32.3 Å². The fourth-order valence-corrected chi connectivity index (χ4v) is 6.04. The number of pyridine rings is 1. The summed E-state index contributed by atoms with van der Waals surface area (Å²) in [6.07, 6.45) is 9.46. The maximum atomic E-state index is 14.2. The van der Waals surface area contributed by atoms with E-state index in [0.29, 0.717) is 23.3 Å². The molecular formula is C22H23ClFN5S. The van der Waals surface area contributed by atoms with Crippen molar-refractivity contribution in [2.75, 3.05) is 18.8 Å². The van der Waals surface area contributed by atoms with Crippen LogP contribution in [0.2, 0.25) is 5.02 Å². The largest absolute Gasteiger partial charge is 0.383 e. The quantitative estimate of drug-likeness (QED) is 0.592. The number of hydrogen-bond acceptors (Lipinski definition) is 5. The molecule has 156 valence electrons. The molecule has 0 spiro atoms. The summed E-state index contributed by atoms with van der Waals surface area (Å²) in [5.74, 6) is 0.304. The van der Waals surface area contributed by atoms with Crippen molar-refractivity contribution in [3.05, 3.63) is 58.8 Å². The molecule has 3 heterocycles. The van der Waals surface area contributed by atoms with Crippen molar-refractivity contribution in [3.8, 4) is 11.1 Å². The Morgan fingerprint density at radius 2 is 2.00 bits per heavy atom. The molecule has 3 aromatic rings. The van der Waals surface area contributed by atoms with Crippen LogP contribution in [0, 0.1) is 5.82 Å². The second-order valence-corrected chi connectivity index (χ2v) is 9.52. The van der Waals surface area contributed by atoms with Gasteiger partial charge in [-0.3, -0.25) is 4.68 Å². The molecule has 0 amide bonds. The molecule has 0 radical (unpaired) electrons. The summed E-state index contributed by atoms with van der Waals surface area (Å²) in [5, 5.41) is 8.66. The van der Waals surface area contributed by atoms with E-state index in [1.165, 1.54) is 6.07 Å². The summed E-state index contributed by atoms with van der Waals surface area (Å²) < 4.78 is 16.2. The van der Waals surface area contributed by atoms with Gasteiger partial charge in [-0.15, -0.1) is 11.8 Å². The van der Waals surface area contributed by atoms with Crippen molar-refractivity contribution in [2.24, 2.45) is 0 Å². The number of nitrogens with one attached hydrogen (secondary N) is 1. The van der Waals surface area contributed by atoms with Gasteiger partial charge in [-0.05, 0) is 68.1 Å². The molecular weight excluding hydrogens is 421 g/mol. The Labute approximate surface area is 184 Å². The predicted molar refractivity (Wildman–Crippen MR) is 119 cm³/mol. The van der Waals surface area contributed by atoms with Crippen LogP contribution in [0.4, 0.5) is 10.2 Å². The smallest absolute Gasteiger partial charge is 0.137 e. The Kier molecular flexibility index (Phi) is 5.43. The van der Waals surface area contributed by atoms with Crippen molar-refractivity contribution < 1.29 is 4.39 Å². The fraction of sp³-hybridized carbons (Fsp3) is 0.364. The number of nitrogen functional groups attached to an aromatic ring is 1. The van der Waals surface area contributed by atoms with E-state index in [1.54, 1.807) is 24.0 Å². The van der Waals surface area contributed by atoms with E-state index in [4.69, 9.17) is 17.3 Å². The van der Waals surface area contributed by atoms with Gasteiger partial charge in [0, 0.05) is 33.8 Å². The second kappa shape index (κ2) is 8.21. The van der Waals surface area contributed by atoms with E-state index in [-0.39, 0.29) is 11.1 Å². The zero-order valence-corrected chi connectivity index (χ0v) is 18.0. The van der Waals surface area contributed by atoms with Crippen LogP contribution in [0.5, 0.6) is 0 Å². The number of rotatable bonds is 4. The molecule has 30 heavy (non-hydrogen) atoms. The molecule has 0 saturated carbocycles. The van der Waals surface area contributed by atoms with Crippen molar-refractivity contribution in [2.45, 2.75) is 41.9 Å². The summed E-state index contributed by atoms with van der Waals surface area (Å²) in [4.78, 5) is 5.31. The van der Waals surface area contributed by atoms with E-state index in [0.717, 1.165) is 59.5 Å². The molecule has 8 heteroatoms. The standard InChI is InChI=1S/C22H23ClFN5S/c23-17-2-3-18(24)16-1-4-19(21(16)17)30-20-9-13(10-27-22(20)25)14-11-28-29(12-14)15-5-7-26-8-6-15/h2-3,9-12,15,19,26H,1,4-8H2,(H2,25,27). The van der Waals surface area contributed by atoms with Gasteiger partial charge in [-0.25, -0.2) is 9.37 Å². The molecule has 2 aliphatic rings. The molecule has 1 unspecified atom stereocenters. The van der Waals surface area contributed by atoms with Gasteiger partial charge in [-0.2, -0.15) is 5.10 Å². The van der Waals surface area contributed by atoms with Gasteiger partial charge >= 0.3 is 0 Å². The van der Waals surface area contributed by atoms with Gasteiger partial charge in [0.25, 0.3) is 0 Å². The summed E-state index contributed by atoms with van der Waals surface area (Å²) in [6, 6.07) is 5.58. The molecule has 1 atom stereocenters. The predicted octanol–water partition coefficient (Wildman–Crippen LogP) is 5.02. The van der Waals surface area contributed by atoms with Crippen LogP contribution in [0.3, 0.4) is 0 Å². The number of hydrogen-bond donors (Lipinski definition) is 2. The lowest BCUT2D eigenvalue weighted by molar-refractivity contribution is 0.343. The Morgan fingerprint density at radius 3 is 2.83 bits per heavy atom. The topological polar surface area (TPSA) is 68.8 Å². The minimum atomic E-state index is -0.178. The van der Waals surface area contributed by atoms with Gasteiger partial charge in [-0.1, -0.05) is 11.6 Å². The highest BCUT2D eigenvalue weighted by Crippen LogP contribution is 2.49. The summed E-state index contributed by atoms with van der Waals surface area (Å²) in [7, 11) is 0. The normalized spacial score (nSPS) is 19.2. The lowest BCUT2D eigenvalue weighted by Crippen LogP contribution is -2.29. The van der Waals surface area contributed by atoms with E-state index in [9.17, 15) is 4.39 Å². The molecule has 1 aromatic carbocycles. The maximum absolute atomic E-state index is 14.2. The Bertz CT molecular complexity index is 1080.